The molecule has 138 valence electrons. The van der Waals surface area contributed by atoms with E-state index in [1.54, 1.807) is 61.6 Å². The number of anilines is 2. The Kier molecular flexibility index (Phi) is 5.55. The summed E-state index contributed by atoms with van der Waals surface area (Å²) in [6, 6.07) is 17.4. The third-order valence-corrected chi connectivity index (χ3v) is 8.11. The smallest absolute Gasteiger partial charge is 0.232 e. The van der Waals surface area contributed by atoms with Gasteiger partial charge < -0.3 is 0 Å². The minimum atomic E-state index is -4.15. The van der Waals surface area contributed by atoms with E-state index in [2.05, 4.69) is 4.72 Å². The van der Waals surface area contributed by atoms with Gasteiger partial charge in [-0.2, -0.15) is 4.21 Å². The second-order valence-corrected chi connectivity index (χ2v) is 11.8. The van der Waals surface area contributed by atoms with Crippen LogP contribution in [0.3, 0.4) is 0 Å². The van der Waals surface area contributed by atoms with Crippen molar-refractivity contribution in [1.29, 1.82) is 0 Å². The van der Waals surface area contributed by atoms with Crippen molar-refractivity contribution in [3.8, 4) is 0 Å². The van der Waals surface area contributed by atoms with Gasteiger partial charge in [-0.3, -0.25) is 13.6 Å². The summed E-state index contributed by atoms with van der Waals surface area (Å²) < 4.78 is 51.7. The lowest BCUT2D eigenvalue weighted by Gasteiger charge is -2.48. The van der Waals surface area contributed by atoms with Crippen LogP contribution in [0, 0.1) is 0 Å². The maximum atomic E-state index is 13.0. The van der Waals surface area contributed by atoms with E-state index in [1.807, 2.05) is 6.07 Å². The summed E-state index contributed by atoms with van der Waals surface area (Å²) in [5.41, 5.74) is 1.08. The molecule has 0 atom stereocenters. The van der Waals surface area contributed by atoms with E-state index < -0.39 is 19.6 Å². The van der Waals surface area contributed by atoms with Crippen LogP contribution in [0.4, 0.5) is 11.4 Å². The summed E-state index contributed by atoms with van der Waals surface area (Å²) in [5, 5.41) is 0. The van der Waals surface area contributed by atoms with Crippen molar-refractivity contribution in [2.24, 2.45) is 0 Å². The summed E-state index contributed by atoms with van der Waals surface area (Å²) >= 11 is 0. The van der Waals surface area contributed by atoms with Gasteiger partial charge in [0.25, 0.3) is 0 Å². The fourth-order valence-electron chi connectivity index (χ4n) is 2.36. The van der Waals surface area contributed by atoms with Gasteiger partial charge in [0.15, 0.2) is 0 Å². The van der Waals surface area contributed by atoms with E-state index in [0.29, 0.717) is 11.4 Å². The third-order valence-electron chi connectivity index (χ3n) is 3.90. The van der Waals surface area contributed by atoms with Crippen LogP contribution in [0.2, 0.25) is 0 Å². The average Bonchev–Trinajstić information content (AvgIpc) is 2.54. The van der Waals surface area contributed by atoms with Crippen molar-refractivity contribution < 1.29 is 17.2 Å². The molecular formula is C17H24N2O4S2. The molecule has 0 bridgehead atoms. The second-order valence-electron chi connectivity index (χ2n) is 6.10. The highest BCUT2D eigenvalue weighted by Crippen LogP contribution is 2.29. The Hall–Kier alpha value is -1.90. The lowest BCUT2D eigenvalue weighted by molar-refractivity contribution is 0.515. The van der Waals surface area contributed by atoms with E-state index in [9.17, 15) is 17.2 Å². The first-order valence-corrected chi connectivity index (χ1v) is 11.9. The van der Waals surface area contributed by atoms with Crippen molar-refractivity contribution in [1.82, 2.24) is 0 Å². The molecule has 0 heterocycles. The summed E-state index contributed by atoms with van der Waals surface area (Å²) in [5.74, 6) is -0.369. The Morgan fingerprint density at radius 2 is 1.56 bits per heavy atom. The van der Waals surface area contributed by atoms with E-state index in [-0.39, 0.29) is 17.9 Å². The van der Waals surface area contributed by atoms with E-state index in [4.69, 9.17) is 0 Å². The zero-order valence-electron chi connectivity index (χ0n) is 14.3. The Bertz CT molecular complexity index is 862. The second kappa shape index (κ2) is 7.15. The number of benzene rings is 2. The SMILES string of the molecule is CN(c1ccccc1)S(C)(=O)(O)CCCS(=O)(=O)Nc1ccccc1. The molecule has 2 N–H and O–H groups in total. The van der Waals surface area contributed by atoms with E-state index in [1.165, 1.54) is 10.6 Å². The normalized spacial score (nSPS) is 13.6. The van der Waals surface area contributed by atoms with Gasteiger partial charge in [-0.1, -0.05) is 36.4 Å². The van der Waals surface area contributed by atoms with Gasteiger partial charge in [0.1, 0.15) is 0 Å². The summed E-state index contributed by atoms with van der Waals surface area (Å²) in [6.07, 6.45) is 1.33. The van der Waals surface area contributed by atoms with E-state index in [0.717, 1.165) is 0 Å². The van der Waals surface area contributed by atoms with Crippen LogP contribution in [0.1, 0.15) is 6.42 Å². The van der Waals surface area contributed by atoms with Crippen molar-refractivity contribution in [3.63, 3.8) is 0 Å². The summed E-state index contributed by atoms with van der Waals surface area (Å²) in [4.78, 5) is 0. The molecule has 8 heteroatoms. The molecule has 0 unspecified atom stereocenters. The van der Waals surface area contributed by atoms with Gasteiger partial charge in [0.05, 0.1) is 17.2 Å². The quantitative estimate of drug-likeness (QED) is 0.733. The number of sulfonamides is 1. The molecule has 2 aromatic carbocycles. The highest BCUT2D eigenvalue weighted by atomic mass is 32.3. The molecule has 0 aliphatic heterocycles. The zero-order chi connectivity index (χ0) is 18.6. The lowest BCUT2D eigenvalue weighted by Crippen LogP contribution is -2.50. The zero-order valence-corrected chi connectivity index (χ0v) is 16.0. The first kappa shape index (κ1) is 19.4. The first-order chi connectivity index (χ1) is 11.6. The van der Waals surface area contributed by atoms with Crippen molar-refractivity contribution >= 4 is 30.9 Å². The molecule has 0 spiro atoms. The lowest BCUT2D eigenvalue weighted by atomic mass is 10.3. The van der Waals surface area contributed by atoms with Crippen LogP contribution in [0.25, 0.3) is 0 Å². The predicted octanol–water partition coefficient (Wildman–Crippen LogP) is 2.79. The Labute approximate surface area is 149 Å². The van der Waals surface area contributed by atoms with Gasteiger partial charge in [-0.05, 0) is 30.7 Å². The largest absolute Gasteiger partial charge is 0.286 e. The molecule has 2 rings (SSSR count). The monoisotopic (exact) mass is 384 g/mol. The van der Waals surface area contributed by atoms with Crippen LogP contribution in [-0.2, 0) is 19.6 Å². The molecule has 25 heavy (non-hydrogen) atoms. The Balaban J connectivity index is 2.00. The third kappa shape index (κ3) is 5.55. The number of hydrogen-bond acceptors (Lipinski definition) is 3. The van der Waals surface area contributed by atoms with Crippen molar-refractivity contribution in [3.05, 3.63) is 60.7 Å². The van der Waals surface area contributed by atoms with Crippen LogP contribution in [-0.4, -0.2) is 42.0 Å². The van der Waals surface area contributed by atoms with Crippen LogP contribution in [0.5, 0.6) is 0 Å². The van der Waals surface area contributed by atoms with Crippen LogP contribution >= 0.6 is 0 Å². The van der Waals surface area contributed by atoms with Gasteiger partial charge in [-0.25, -0.2) is 8.42 Å². The molecule has 0 saturated heterocycles. The first-order valence-electron chi connectivity index (χ1n) is 7.80. The Morgan fingerprint density at radius 1 is 1.04 bits per heavy atom. The van der Waals surface area contributed by atoms with Gasteiger partial charge in [0, 0.05) is 19.0 Å². The minimum Gasteiger partial charge on any atom is -0.286 e. The number of hydrogen-bond donors (Lipinski definition) is 2. The Morgan fingerprint density at radius 3 is 2.12 bits per heavy atom. The molecule has 6 nitrogen and oxygen atoms in total. The molecule has 0 aromatic heterocycles. The van der Waals surface area contributed by atoms with E-state index >= 15 is 0 Å². The predicted molar refractivity (Wildman–Crippen MR) is 105 cm³/mol. The molecular weight excluding hydrogens is 360 g/mol. The van der Waals surface area contributed by atoms with Gasteiger partial charge in [-0.15, -0.1) is 9.53 Å². The minimum absolute atomic E-state index is 0.0672. The molecule has 2 aromatic rings. The highest BCUT2D eigenvalue weighted by Gasteiger charge is 2.27. The maximum Gasteiger partial charge on any atom is 0.232 e. The summed E-state index contributed by atoms with van der Waals surface area (Å²) in [6.45, 7) is 0. The average molecular weight is 385 g/mol. The number of nitrogens with one attached hydrogen (secondary N) is 1. The van der Waals surface area contributed by atoms with Crippen molar-refractivity contribution in [2.45, 2.75) is 6.42 Å². The standard InChI is InChI=1S/C17H24N2O4S2/c1-19(17-12-7-4-8-13-17)25(2,22,23)15-9-14-24(20,21)18-16-10-5-3-6-11-16/h3-8,10-13,18H,9,14-15H2,1-2H3,(H,22,23). The fraction of sp³-hybridized carbons (Fsp3) is 0.294. The highest BCUT2D eigenvalue weighted by molar-refractivity contribution is 8.15. The molecule has 0 fully saturated rings. The maximum absolute atomic E-state index is 13.0. The number of para-hydroxylation sites is 2. The van der Waals surface area contributed by atoms with Crippen molar-refractivity contribution in [2.75, 3.05) is 33.8 Å². The van der Waals surface area contributed by atoms with Crippen LogP contribution in [0.15, 0.2) is 60.7 Å². The number of nitrogens with zero attached hydrogens (tertiary/aromatic N) is 1. The summed E-state index contributed by atoms with van der Waals surface area (Å²) in [7, 11) is -6.19. The molecule has 0 aliphatic carbocycles. The molecule has 0 saturated carbocycles. The van der Waals surface area contributed by atoms with Gasteiger partial charge in [0.2, 0.25) is 10.0 Å². The fourth-order valence-corrected chi connectivity index (χ4v) is 5.41. The topological polar surface area (TPSA) is 86.7 Å². The molecule has 0 radical (unpaired) electrons. The van der Waals surface area contributed by atoms with Gasteiger partial charge >= 0.3 is 0 Å². The molecule has 0 aliphatic rings. The van der Waals surface area contributed by atoms with Crippen LogP contribution < -0.4 is 9.03 Å². The molecule has 0 amide bonds. The number of rotatable bonds is 8.